The zero-order valence-electron chi connectivity index (χ0n) is 16.0. The van der Waals surface area contributed by atoms with Crippen LogP contribution in [0.3, 0.4) is 0 Å². The fourth-order valence-corrected chi connectivity index (χ4v) is 3.24. The van der Waals surface area contributed by atoms with Crippen molar-refractivity contribution in [3.05, 3.63) is 77.3 Å². The highest BCUT2D eigenvalue weighted by atomic mass is 16.5. The molecular weight excluding hydrogens is 368 g/mol. The molecule has 2 heterocycles. The number of rotatable bonds is 5. The van der Waals surface area contributed by atoms with Gasteiger partial charge < -0.3 is 15.0 Å². The van der Waals surface area contributed by atoms with E-state index >= 15 is 0 Å². The molecule has 0 saturated carbocycles. The number of carbonyl (C=O) groups is 1. The predicted octanol–water partition coefficient (Wildman–Crippen LogP) is 2.39. The van der Waals surface area contributed by atoms with Crippen molar-refractivity contribution in [1.82, 2.24) is 9.55 Å². The van der Waals surface area contributed by atoms with E-state index in [9.17, 15) is 9.59 Å². The number of aromatic nitrogens is 2. The maximum atomic E-state index is 12.4. The van der Waals surface area contributed by atoms with E-state index in [2.05, 4.69) is 15.2 Å². The van der Waals surface area contributed by atoms with Crippen LogP contribution in [0.4, 0.5) is 11.4 Å². The number of benzene rings is 2. The average molecular weight is 390 g/mol. The molecule has 148 valence electrons. The average Bonchev–Trinajstić information content (AvgIpc) is 2.77. The lowest BCUT2D eigenvalue weighted by Gasteiger charge is -2.28. The molecule has 0 radical (unpaired) electrons. The van der Waals surface area contributed by atoms with Crippen LogP contribution in [0.5, 0.6) is 0 Å². The topological polar surface area (TPSA) is 76.5 Å². The van der Waals surface area contributed by atoms with Gasteiger partial charge in [0.2, 0.25) is 5.91 Å². The largest absolute Gasteiger partial charge is 0.378 e. The van der Waals surface area contributed by atoms with Crippen LogP contribution in [0.2, 0.25) is 0 Å². The van der Waals surface area contributed by atoms with Crippen molar-refractivity contribution >= 4 is 17.3 Å². The third-order valence-electron chi connectivity index (χ3n) is 4.79. The SMILES string of the molecule is O=C(Cn1cnc(-c2ccccc2)cc1=O)Nc1ccc(N2CCOCC2)cc1. The van der Waals surface area contributed by atoms with Crippen LogP contribution in [-0.2, 0) is 16.1 Å². The van der Waals surface area contributed by atoms with Crippen LogP contribution in [0, 0.1) is 0 Å². The Labute approximate surface area is 168 Å². The first-order chi connectivity index (χ1) is 14.2. The number of anilines is 2. The second-order valence-corrected chi connectivity index (χ2v) is 6.80. The second-order valence-electron chi connectivity index (χ2n) is 6.80. The first-order valence-electron chi connectivity index (χ1n) is 9.53. The van der Waals surface area contributed by atoms with E-state index in [1.807, 2.05) is 54.6 Å². The zero-order chi connectivity index (χ0) is 20.1. The summed E-state index contributed by atoms with van der Waals surface area (Å²) in [4.78, 5) is 31.2. The fourth-order valence-electron chi connectivity index (χ4n) is 3.24. The highest BCUT2D eigenvalue weighted by Gasteiger charge is 2.12. The first kappa shape index (κ1) is 18.9. The molecule has 0 bridgehead atoms. The summed E-state index contributed by atoms with van der Waals surface area (Å²) in [5, 5.41) is 2.82. The molecule has 1 amide bonds. The lowest BCUT2D eigenvalue weighted by atomic mass is 10.1. The van der Waals surface area contributed by atoms with Crippen molar-refractivity contribution in [2.75, 3.05) is 36.5 Å². The molecule has 1 aliphatic heterocycles. The summed E-state index contributed by atoms with van der Waals surface area (Å²) in [6.07, 6.45) is 1.41. The van der Waals surface area contributed by atoms with Gasteiger partial charge in [-0.15, -0.1) is 0 Å². The van der Waals surface area contributed by atoms with Gasteiger partial charge in [-0.3, -0.25) is 14.2 Å². The third kappa shape index (κ3) is 4.70. The van der Waals surface area contributed by atoms with Gasteiger partial charge in [0.25, 0.3) is 5.56 Å². The Bertz CT molecular complexity index is 1030. The van der Waals surface area contributed by atoms with Gasteiger partial charge in [0, 0.05) is 36.1 Å². The summed E-state index contributed by atoms with van der Waals surface area (Å²) in [5.74, 6) is -0.277. The lowest BCUT2D eigenvalue weighted by Crippen LogP contribution is -2.36. The maximum absolute atomic E-state index is 12.4. The van der Waals surface area contributed by atoms with Crippen molar-refractivity contribution in [3.63, 3.8) is 0 Å². The summed E-state index contributed by atoms with van der Waals surface area (Å²) in [6, 6.07) is 18.6. The minimum absolute atomic E-state index is 0.0912. The molecule has 1 saturated heterocycles. The Hall–Kier alpha value is -3.45. The van der Waals surface area contributed by atoms with Gasteiger partial charge in [0.15, 0.2) is 0 Å². The molecule has 0 aliphatic carbocycles. The molecule has 0 atom stereocenters. The number of nitrogens with zero attached hydrogens (tertiary/aromatic N) is 3. The standard InChI is InChI=1S/C22H22N4O3/c27-21(24-18-6-8-19(9-7-18)25-10-12-29-13-11-25)15-26-16-23-20(14-22(26)28)17-4-2-1-3-5-17/h1-9,14,16H,10-13,15H2,(H,24,27). The number of hydrogen-bond donors (Lipinski definition) is 1. The van der Waals surface area contributed by atoms with E-state index in [1.165, 1.54) is 17.0 Å². The molecular formula is C22H22N4O3. The monoisotopic (exact) mass is 390 g/mol. The van der Waals surface area contributed by atoms with Crippen molar-refractivity contribution < 1.29 is 9.53 Å². The smallest absolute Gasteiger partial charge is 0.254 e. The quantitative estimate of drug-likeness (QED) is 0.724. The van der Waals surface area contributed by atoms with E-state index in [0.717, 1.165) is 37.6 Å². The minimum Gasteiger partial charge on any atom is -0.378 e. The van der Waals surface area contributed by atoms with Gasteiger partial charge in [-0.1, -0.05) is 30.3 Å². The first-order valence-corrected chi connectivity index (χ1v) is 9.53. The molecule has 2 aromatic carbocycles. The molecule has 1 N–H and O–H groups in total. The Morgan fingerprint density at radius 2 is 1.76 bits per heavy atom. The molecule has 1 aromatic heterocycles. The molecule has 0 unspecified atom stereocenters. The molecule has 29 heavy (non-hydrogen) atoms. The summed E-state index contributed by atoms with van der Waals surface area (Å²) < 4.78 is 6.66. The summed E-state index contributed by atoms with van der Waals surface area (Å²) in [5.41, 5.74) is 2.97. The number of ether oxygens (including phenoxy) is 1. The second kappa shape index (κ2) is 8.70. The molecule has 0 spiro atoms. The van der Waals surface area contributed by atoms with Crippen molar-refractivity contribution in [2.45, 2.75) is 6.54 Å². The van der Waals surface area contributed by atoms with Crippen LogP contribution in [0.25, 0.3) is 11.3 Å². The van der Waals surface area contributed by atoms with Crippen LogP contribution in [-0.4, -0.2) is 41.8 Å². The van der Waals surface area contributed by atoms with Gasteiger partial charge in [0.05, 0.1) is 25.2 Å². The van der Waals surface area contributed by atoms with Gasteiger partial charge in [-0.25, -0.2) is 4.98 Å². The minimum atomic E-state index is -0.277. The van der Waals surface area contributed by atoms with Gasteiger partial charge in [-0.05, 0) is 24.3 Å². The van der Waals surface area contributed by atoms with Crippen molar-refractivity contribution in [1.29, 1.82) is 0 Å². The molecule has 7 heteroatoms. The Kier molecular flexibility index (Phi) is 5.67. The fraction of sp³-hybridized carbons (Fsp3) is 0.227. The molecule has 3 aromatic rings. The van der Waals surface area contributed by atoms with E-state index in [0.29, 0.717) is 11.4 Å². The predicted molar refractivity (Wildman–Crippen MR) is 112 cm³/mol. The summed E-state index contributed by atoms with van der Waals surface area (Å²) in [7, 11) is 0. The number of nitrogens with one attached hydrogen (secondary N) is 1. The van der Waals surface area contributed by atoms with E-state index < -0.39 is 0 Å². The lowest BCUT2D eigenvalue weighted by molar-refractivity contribution is -0.116. The van der Waals surface area contributed by atoms with Crippen molar-refractivity contribution in [2.24, 2.45) is 0 Å². The molecule has 1 fully saturated rings. The molecule has 7 nitrogen and oxygen atoms in total. The van der Waals surface area contributed by atoms with Crippen molar-refractivity contribution in [3.8, 4) is 11.3 Å². The Balaban J connectivity index is 1.39. The number of carbonyl (C=O) groups excluding carboxylic acids is 1. The third-order valence-corrected chi connectivity index (χ3v) is 4.79. The van der Waals surface area contributed by atoms with Crippen LogP contribution in [0.15, 0.2) is 71.8 Å². The number of amides is 1. The highest BCUT2D eigenvalue weighted by molar-refractivity contribution is 5.90. The number of hydrogen-bond acceptors (Lipinski definition) is 5. The maximum Gasteiger partial charge on any atom is 0.254 e. The Morgan fingerprint density at radius 1 is 1.03 bits per heavy atom. The number of morpholine rings is 1. The van der Waals surface area contributed by atoms with Gasteiger partial charge in [0.1, 0.15) is 6.54 Å². The zero-order valence-corrected chi connectivity index (χ0v) is 16.0. The summed E-state index contributed by atoms with van der Waals surface area (Å²) >= 11 is 0. The van der Waals surface area contributed by atoms with E-state index in [-0.39, 0.29) is 18.0 Å². The summed E-state index contributed by atoms with van der Waals surface area (Å²) in [6.45, 7) is 3.09. The van der Waals surface area contributed by atoms with Gasteiger partial charge in [-0.2, -0.15) is 0 Å². The molecule has 4 rings (SSSR count). The van der Waals surface area contributed by atoms with E-state index in [4.69, 9.17) is 4.74 Å². The highest BCUT2D eigenvalue weighted by Crippen LogP contribution is 2.19. The molecule has 1 aliphatic rings. The van der Waals surface area contributed by atoms with E-state index in [1.54, 1.807) is 0 Å². The van der Waals surface area contributed by atoms with Crippen LogP contribution < -0.4 is 15.8 Å². The normalized spacial score (nSPS) is 13.9. The van der Waals surface area contributed by atoms with Gasteiger partial charge >= 0.3 is 0 Å². The van der Waals surface area contributed by atoms with Crippen LogP contribution in [0.1, 0.15) is 0 Å². The Morgan fingerprint density at radius 3 is 2.45 bits per heavy atom. The van der Waals surface area contributed by atoms with Crippen LogP contribution >= 0.6 is 0 Å².